The molecule has 1 aromatic rings. The Hall–Kier alpha value is -1.29. The molecule has 1 nitrogen and oxygen atoms in total. The van der Waals surface area contributed by atoms with E-state index >= 15 is 0 Å². The van der Waals surface area contributed by atoms with Crippen LogP contribution < -0.4 is 0 Å². The summed E-state index contributed by atoms with van der Waals surface area (Å²) in [4.78, 5) is 0. The van der Waals surface area contributed by atoms with Gasteiger partial charge in [-0.05, 0) is 5.56 Å². The maximum Gasteiger partial charge on any atom is 0.327 e. The number of benzene rings is 1. The molecule has 4 heteroatoms. The monoisotopic (exact) mass is 202 g/mol. The number of hydrogen-bond donors (Lipinski definition) is 1. The number of halogens is 3. The molecule has 1 N–H and O–H groups in total. The van der Waals surface area contributed by atoms with Crippen molar-refractivity contribution in [2.24, 2.45) is 0 Å². The van der Waals surface area contributed by atoms with Crippen LogP contribution in [-0.2, 0) is 0 Å². The van der Waals surface area contributed by atoms with Gasteiger partial charge in [0.25, 0.3) is 0 Å². The highest BCUT2D eigenvalue weighted by molar-refractivity contribution is 5.22. The topological polar surface area (TPSA) is 20.2 Å². The third-order valence-electron chi connectivity index (χ3n) is 1.82. The minimum Gasteiger partial charge on any atom is -0.382 e. The molecule has 0 aliphatic heterocycles. The summed E-state index contributed by atoms with van der Waals surface area (Å²) in [5.74, 6) is -5.78. The van der Waals surface area contributed by atoms with Crippen molar-refractivity contribution in [3.63, 3.8) is 0 Å². The summed E-state index contributed by atoms with van der Waals surface area (Å²) in [6.07, 6.45) is -2.19. The minimum absolute atomic E-state index is 0.0451. The van der Waals surface area contributed by atoms with Crippen molar-refractivity contribution in [1.82, 2.24) is 0 Å². The Morgan fingerprint density at radius 2 is 1.79 bits per heavy atom. The van der Waals surface area contributed by atoms with Gasteiger partial charge in [0.05, 0.1) is 0 Å². The summed E-state index contributed by atoms with van der Waals surface area (Å²) in [5, 5.41) is 9.17. The zero-order chi connectivity index (χ0) is 10.8. The lowest BCUT2D eigenvalue weighted by Gasteiger charge is -2.20. The van der Waals surface area contributed by atoms with Crippen LogP contribution in [0.25, 0.3) is 0 Å². The molecule has 1 atom stereocenters. The summed E-state index contributed by atoms with van der Waals surface area (Å²) >= 11 is 0. The van der Waals surface area contributed by atoms with Gasteiger partial charge in [-0.2, -0.15) is 8.78 Å². The van der Waals surface area contributed by atoms with Crippen LogP contribution in [0.5, 0.6) is 0 Å². The number of hydrogen-bond acceptors (Lipinski definition) is 1. The van der Waals surface area contributed by atoms with Crippen LogP contribution in [0.3, 0.4) is 0 Å². The average molecular weight is 202 g/mol. The molecule has 0 amide bonds. The van der Waals surface area contributed by atoms with E-state index in [1.807, 2.05) is 0 Å². The fourth-order valence-electron chi connectivity index (χ4n) is 0.993. The molecule has 1 rings (SSSR count). The molecule has 0 spiro atoms. The van der Waals surface area contributed by atoms with Gasteiger partial charge in [0.1, 0.15) is 6.10 Å². The molecule has 1 aromatic carbocycles. The van der Waals surface area contributed by atoms with Gasteiger partial charge in [-0.25, -0.2) is 4.39 Å². The Kier molecular flexibility index (Phi) is 2.96. The van der Waals surface area contributed by atoms with Crippen LogP contribution in [0.15, 0.2) is 42.7 Å². The van der Waals surface area contributed by atoms with Gasteiger partial charge in [-0.3, -0.25) is 0 Å². The number of aliphatic hydroxyl groups is 1. The highest BCUT2D eigenvalue weighted by Gasteiger charge is 2.43. The normalized spacial score (nSPS) is 13.7. The third kappa shape index (κ3) is 1.96. The van der Waals surface area contributed by atoms with Crippen molar-refractivity contribution in [3.8, 4) is 0 Å². The van der Waals surface area contributed by atoms with Gasteiger partial charge in [0, 0.05) is 0 Å². The molecule has 0 aromatic heterocycles. The zero-order valence-electron chi connectivity index (χ0n) is 7.25. The fraction of sp³-hybridized carbons (Fsp3) is 0.200. The molecule has 14 heavy (non-hydrogen) atoms. The molecule has 0 saturated carbocycles. The molecule has 0 saturated heterocycles. The van der Waals surface area contributed by atoms with Crippen molar-refractivity contribution in [1.29, 1.82) is 0 Å². The smallest absolute Gasteiger partial charge is 0.327 e. The Bertz CT molecular complexity index is 321. The second-order valence-corrected chi connectivity index (χ2v) is 2.84. The van der Waals surface area contributed by atoms with Crippen molar-refractivity contribution in [3.05, 3.63) is 48.3 Å². The van der Waals surface area contributed by atoms with Crippen molar-refractivity contribution < 1.29 is 18.3 Å². The Labute approximate surface area is 79.5 Å². The summed E-state index contributed by atoms with van der Waals surface area (Å²) in [7, 11) is 0. The minimum atomic E-state index is -3.94. The molecule has 0 aliphatic carbocycles. The molecule has 0 radical (unpaired) electrons. The molecular weight excluding hydrogens is 193 g/mol. The van der Waals surface area contributed by atoms with Gasteiger partial charge in [0.15, 0.2) is 5.83 Å². The maximum absolute atomic E-state index is 12.9. The van der Waals surface area contributed by atoms with Crippen LogP contribution in [0.2, 0.25) is 0 Å². The van der Waals surface area contributed by atoms with E-state index in [-0.39, 0.29) is 5.56 Å². The van der Waals surface area contributed by atoms with E-state index in [4.69, 9.17) is 5.11 Å². The fourth-order valence-corrected chi connectivity index (χ4v) is 0.993. The van der Waals surface area contributed by atoms with Gasteiger partial charge in [-0.15, -0.1) is 0 Å². The molecule has 0 aliphatic rings. The second-order valence-electron chi connectivity index (χ2n) is 2.84. The lowest BCUT2D eigenvalue weighted by molar-refractivity contribution is -0.0940. The molecule has 0 fully saturated rings. The van der Waals surface area contributed by atoms with Crippen LogP contribution in [-0.4, -0.2) is 11.0 Å². The first-order valence-corrected chi connectivity index (χ1v) is 3.92. The zero-order valence-corrected chi connectivity index (χ0v) is 7.25. The van der Waals surface area contributed by atoms with Crippen molar-refractivity contribution in [2.45, 2.75) is 12.0 Å². The third-order valence-corrected chi connectivity index (χ3v) is 1.82. The molecule has 0 bridgehead atoms. The maximum atomic E-state index is 12.9. The second kappa shape index (κ2) is 3.84. The number of alkyl halides is 2. The van der Waals surface area contributed by atoms with Crippen LogP contribution in [0.4, 0.5) is 13.2 Å². The Balaban J connectivity index is 2.96. The molecule has 0 heterocycles. The van der Waals surface area contributed by atoms with Gasteiger partial charge in [-0.1, -0.05) is 36.9 Å². The lowest BCUT2D eigenvalue weighted by atomic mass is 10.0. The molecular formula is C10H9F3O. The molecule has 1 unspecified atom stereocenters. The van der Waals surface area contributed by atoms with Gasteiger partial charge < -0.3 is 5.11 Å². The molecule has 76 valence electrons. The summed E-state index contributed by atoms with van der Waals surface area (Å²) in [6.45, 7) is 2.50. The van der Waals surface area contributed by atoms with Crippen molar-refractivity contribution in [2.75, 3.05) is 0 Å². The quantitative estimate of drug-likeness (QED) is 0.799. The predicted octanol–water partition coefficient (Wildman–Crippen LogP) is 2.84. The summed E-state index contributed by atoms with van der Waals surface area (Å²) in [5.41, 5.74) is -0.0451. The highest BCUT2D eigenvalue weighted by Crippen LogP contribution is 2.36. The van der Waals surface area contributed by atoms with Crippen LogP contribution >= 0.6 is 0 Å². The first-order valence-electron chi connectivity index (χ1n) is 3.92. The van der Waals surface area contributed by atoms with E-state index < -0.39 is 17.9 Å². The lowest BCUT2D eigenvalue weighted by Crippen LogP contribution is -2.26. The standard InChI is InChI=1S/C10H9F3O/c1-7(11)10(12,13)9(14)8-5-3-2-4-6-8/h2-6,9,14H,1H2. The summed E-state index contributed by atoms with van der Waals surface area (Å²) in [6, 6.07) is 7.16. The van der Waals surface area contributed by atoms with E-state index in [0.29, 0.717) is 0 Å². The van der Waals surface area contributed by atoms with E-state index in [0.717, 1.165) is 0 Å². The van der Waals surface area contributed by atoms with E-state index in [1.165, 1.54) is 24.3 Å². The Morgan fingerprint density at radius 1 is 1.29 bits per heavy atom. The number of rotatable bonds is 3. The highest BCUT2D eigenvalue weighted by atomic mass is 19.3. The van der Waals surface area contributed by atoms with Crippen LogP contribution in [0, 0.1) is 0 Å². The number of aliphatic hydroxyl groups excluding tert-OH is 1. The first-order chi connectivity index (χ1) is 6.46. The van der Waals surface area contributed by atoms with E-state index in [2.05, 4.69) is 6.58 Å². The van der Waals surface area contributed by atoms with Gasteiger partial charge in [0.2, 0.25) is 0 Å². The Morgan fingerprint density at radius 3 is 2.21 bits per heavy atom. The van der Waals surface area contributed by atoms with Gasteiger partial charge >= 0.3 is 5.92 Å². The first kappa shape index (κ1) is 10.8. The predicted molar refractivity (Wildman–Crippen MR) is 46.6 cm³/mol. The van der Waals surface area contributed by atoms with Crippen molar-refractivity contribution >= 4 is 0 Å². The largest absolute Gasteiger partial charge is 0.382 e. The SMILES string of the molecule is C=C(F)C(F)(F)C(O)c1ccccc1. The van der Waals surface area contributed by atoms with Crippen LogP contribution in [0.1, 0.15) is 11.7 Å². The summed E-state index contributed by atoms with van der Waals surface area (Å²) < 4.78 is 38.1. The average Bonchev–Trinajstić information content (AvgIpc) is 2.17. The van der Waals surface area contributed by atoms with E-state index in [9.17, 15) is 13.2 Å². The van der Waals surface area contributed by atoms with E-state index in [1.54, 1.807) is 6.07 Å².